The Hall–Kier alpha value is -1.36. The number of ether oxygens (including phenoxy) is 1. The van der Waals surface area contributed by atoms with Crippen molar-refractivity contribution in [1.82, 2.24) is 9.80 Å². The Morgan fingerprint density at radius 1 is 1.38 bits per heavy atom. The minimum Gasteiger partial charge on any atom is -0.468 e. The topological polar surface area (TPSA) is 45.1 Å². The number of fused-ring (bicyclic) bond motifs is 1. The fourth-order valence-corrected chi connectivity index (χ4v) is 3.95. The molecule has 0 spiro atoms. The van der Waals surface area contributed by atoms with Gasteiger partial charge >= 0.3 is 5.97 Å². The van der Waals surface area contributed by atoms with Crippen LogP contribution in [0.25, 0.3) is 0 Å². The number of amidine groups is 1. The highest BCUT2D eigenvalue weighted by Gasteiger charge is 2.42. The van der Waals surface area contributed by atoms with Gasteiger partial charge in [-0.3, -0.25) is 14.7 Å². The molecule has 2 saturated heterocycles. The third kappa shape index (κ3) is 2.37. The first kappa shape index (κ1) is 14.6. The molecule has 3 rings (SSSR count). The predicted octanol–water partition coefficient (Wildman–Crippen LogP) is 1.79. The van der Waals surface area contributed by atoms with Crippen molar-refractivity contribution in [3.8, 4) is 0 Å². The van der Waals surface area contributed by atoms with Gasteiger partial charge in [0, 0.05) is 24.7 Å². The van der Waals surface area contributed by atoms with E-state index in [1.165, 1.54) is 18.4 Å². The van der Waals surface area contributed by atoms with Crippen LogP contribution < -0.4 is 0 Å². The molecule has 0 aliphatic carbocycles. The molecule has 0 saturated carbocycles. The Labute approximate surface area is 126 Å². The largest absolute Gasteiger partial charge is 0.468 e. The van der Waals surface area contributed by atoms with E-state index in [1.54, 1.807) is 0 Å². The molecule has 3 aliphatic heterocycles. The maximum Gasteiger partial charge on any atom is 0.323 e. The maximum absolute atomic E-state index is 12.0. The molecule has 0 aromatic rings. The van der Waals surface area contributed by atoms with Gasteiger partial charge in [-0.2, -0.15) is 0 Å². The van der Waals surface area contributed by atoms with E-state index in [1.807, 2.05) is 0 Å². The van der Waals surface area contributed by atoms with Gasteiger partial charge in [0.1, 0.15) is 11.9 Å². The number of esters is 1. The first-order chi connectivity index (χ1) is 10.0. The minimum absolute atomic E-state index is 0.0584. The smallest absolute Gasteiger partial charge is 0.323 e. The van der Waals surface area contributed by atoms with Crippen molar-refractivity contribution in [3.05, 3.63) is 11.3 Å². The molecule has 2 fully saturated rings. The highest BCUT2D eigenvalue weighted by atomic mass is 16.5. The molecule has 5 heteroatoms. The van der Waals surface area contributed by atoms with E-state index >= 15 is 0 Å². The van der Waals surface area contributed by atoms with Gasteiger partial charge in [-0.25, -0.2) is 0 Å². The number of nitrogens with zero attached hydrogens (tertiary/aromatic N) is 3. The zero-order valence-corrected chi connectivity index (χ0v) is 13.4. The van der Waals surface area contributed by atoms with Crippen LogP contribution in [0.2, 0.25) is 0 Å². The third-order valence-corrected chi connectivity index (χ3v) is 5.24. The number of aliphatic imine (C=N–C) groups is 1. The average Bonchev–Trinajstić information content (AvgIpc) is 3.10. The lowest BCUT2D eigenvalue weighted by Crippen LogP contribution is -2.45. The first-order valence-corrected chi connectivity index (χ1v) is 7.88. The second-order valence-electron chi connectivity index (χ2n) is 6.37. The zero-order valence-electron chi connectivity index (χ0n) is 13.4. The van der Waals surface area contributed by atoms with Gasteiger partial charge < -0.3 is 9.64 Å². The fraction of sp³-hybridized carbons (Fsp3) is 0.750. The summed E-state index contributed by atoms with van der Waals surface area (Å²) in [6.07, 6.45) is 3.03. The molecule has 3 aliphatic rings. The van der Waals surface area contributed by atoms with Crippen molar-refractivity contribution in [3.63, 3.8) is 0 Å². The van der Waals surface area contributed by atoms with Crippen molar-refractivity contribution in [2.75, 3.05) is 20.2 Å². The number of methoxy groups -OCH3 is 1. The summed E-state index contributed by atoms with van der Waals surface area (Å²) in [5.41, 5.74) is 2.78. The van der Waals surface area contributed by atoms with E-state index < -0.39 is 0 Å². The van der Waals surface area contributed by atoms with Crippen LogP contribution in [0.4, 0.5) is 0 Å². The summed E-state index contributed by atoms with van der Waals surface area (Å²) in [7, 11) is 1.49. The number of rotatable bonds is 2. The molecule has 0 amide bonds. The van der Waals surface area contributed by atoms with Crippen LogP contribution in [0.1, 0.15) is 40.0 Å². The quantitative estimate of drug-likeness (QED) is 0.728. The van der Waals surface area contributed by atoms with Gasteiger partial charge in [-0.05, 0) is 45.7 Å². The Morgan fingerprint density at radius 2 is 2.14 bits per heavy atom. The van der Waals surface area contributed by atoms with Gasteiger partial charge in [0.05, 0.1) is 13.2 Å². The Kier molecular flexibility index (Phi) is 3.78. The molecule has 0 radical (unpaired) electrons. The predicted molar refractivity (Wildman–Crippen MR) is 82.1 cm³/mol. The lowest BCUT2D eigenvalue weighted by Gasteiger charge is -2.30. The van der Waals surface area contributed by atoms with E-state index in [2.05, 4.69) is 30.6 Å². The van der Waals surface area contributed by atoms with Gasteiger partial charge in [-0.15, -0.1) is 0 Å². The number of hydrogen-bond donors (Lipinski definition) is 0. The summed E-state index contributed by atoms with van der Waals surface area (Å²) in [6, 6.07) is 0.624. The van der Waals surface area contributed by atoms with Crippen LogP contribution in [-0.2, 0) is 9.53 Å². The van der Waals surface area contributed by atoms with Gasteiger partial charge in [0.2, 0.25) is 0 Å². The monoisotopic (exact) mass is 291 g/mol. The minimum atomic E-state index is -0.0816. The lowest BCUT2D eigenvalue weighted by molar-refractivity contribution is -0.146. The Bertz CT molecular complexity index is 512. The summed E-state index contributed by atoms with van der Waals surface area (Å²) < 4.78 is 4.97. The van der Waals surface area contributed by atoms with Crippen LogP contribution in [0.5, 0.6) is 0 Å². The highest BCUT2D eigenvalue weighted by molar-refractivity contribution is 5.84. The Morgan fingerprint density at radius 3 is 2.86 bits per heavy atom. The van der Waals surface area contributed by atoms with E-state index in [4.69, 9.17) is 9.73 Å². The number of likely N-dealkylation sites (tertiary alicyclic amines) is 1. The molecule has 3 atom stereocenters. The maximum atomic E-state index is 12.0. The first-order valence-electron chi connectivity index (χ1n) is 7.88. The molecule has 0 bridgehead atoms. The molecule has 0 aromatic heterocycles. The third-order valence-electron chi connectivity index (χ3n) is 5.24. The number of hydrogen-bond acceptors (Lipinski definition) is 5. The summed E-state index contributed by atoms with van der Waals surface area (Å²) >= 11 is 0. The summed E-state index contributed by atoms with van der Waals surface area (Å²) in [5.74, 6) is 1.03. The van der Waals surface area contributed by atoms with Crippen LogP contribution in [0.15, 0.2) is 16.3 Å². The molecule has 3 heterocycles. The molecule has 0 aromatic carbocycles. The van der Waals surface area contributed by atoms with Crippen molar-refractivity contribution >= 4 is 11.8 Å². The van der Waals surface area contributed by atoms with Crippen LogP contribution >= 0.6 is 0 Å². The van der Waals surface area contributed by atoms with Gasteiger partial charge in [0.25, 0.3) is 0 Å². The normalized spacial score (nSPS) is 33.2. The standard InChI is InChI=1S/C16H25N3O2/c1-10-11(2)17-12(3)19-9-13(8-15(10)19)18-7-5-6-14(18)16(20)21-4/h11,13-14H,5-9H2,1-4H3/t11-,13-,14?/m0/s1. The number of carbonyl (C=O) groups is 1. The summed E-state index contributed by atoms with van der Waals surface area (Å²) in [6.45, 7) is 8.38. The molecule has 116 valence electrons. The van der Waals surface area contributed by atoms with E-state index in [9.17, 15) is 4.79 Å². The van der Waals surface area contributed by atoms with E-state index in [-0.39, 0.29) is 18.1 Å². The van der Waals surface area contributed by atoms with Crippen molar-refractivity contribution in [2.24, 2.45) is 4.99 Å². The molecule has 5 nitrogen and oxygen atoms in total. The number of carbonyl (C=O) groups excluding carboxylic acids is 1. The molecule has 21 heavy (non-hydrogen) atoms. The van der Waals surface area contributed by atoms with E-state index in [0.29, 0.717) is 6.04 Å². The fourth-order valence-electron chi connectivity index (χ4n) is 3.95. The second-order valence-corrected chi connectivity index (χ2v) is 6.37. The molecular formula is C16H25N3O2. The Balaban J connectivity index is 1.81. The molecule has 0 N–H and O–H groups in total. The molecule has 1 unspecified atom stereocenters. The van der Waals surface area contributed by atoms with Crippen molar-refractivity contribution < 1.29 is 9.53 Å². The van der Waals surface area contributed by atoms with Crippen molar-refractivity contribution in [1.29, 1.82) is 0 Å². The van der Waals surface area contributed by atoms with E-state index in [0.717, 1.165) is 38.2 Å². The zero-order chi connectivity index (χ0) is 15.1. The summed E-state index contributed by atoms with van der Waals surface area (Å²) in [5, 5.41) is 0. The summed E-state index contributed by atoms with van der Waals surface area (Å²) in [4.78, 5) is 21.4. The highest BCUT2D eigenvalue weighted by Crippen LogP contribution is 2.35. The average molecular weight is 291 g/mol. The van der Waals surface area contributed by atoms with Crippen molar-refractivity contribution in [2.45, 2.75) is 58.2 Å². The van der Waals surface area contributed by atoms with Crippen LogP contribution in [-0.4, -0.2) is 59.9 Å². The second kappa shape index (κ2) is 5.44. The van der Waals surface area contributed by atoms with Crippen LogP contribution in [0.3, 0.4) is 0 Å². The van der Waals surface area contributed by atoms with Gasteiger partial charge in [-0.1, -0.05) is 0 Å². The SMILES string of the molecule is COC(=O)C1CCCN1[C@H]1CC2=C(C)[C@H](C)N=C(C)N2C1. The van der Waals surface area contributed by atoms with Crippen LogP contribution in [0, 0.1) is 0 Å². The molecular weight excluding hydrogens is 266 g/mol. The van der Waals surface area contributed by atoms with Gasteiger partial charge in [0.15, 0.2) is 0 Å². The lowest BCUT2D eigenvalue weighted by atomic mass is 10.0.